The molecule has 0 saturated heterocycles. The number of aryl methyl sites for hydroxylation is 1. The van der Waals surface area contributed by atoms with Crippen LogP contribution in [0.1, 0.15) is 24.5 Å². The first kappa shape index (κ1) is 6.66. The lowest BCUT2D eigenvalue weighted by molar-refractivity contribution is 0.927. The lowest BCUT2D eigenvalue weighted by atomic mass is 9.93. The predicted octanol–water partition coefficient (Wildman–Crippen LogP) is 3.04. The molecule has 11 heavy (non-hydrogen) atoms. The van der Waals surface area contributed by atoms with Crippen molar-refractivity contribution in [1.29, 1.82) is 0 Å². The first-order chi connectivity index (χ1) is 5.36. The fraction of sp³-hybridized carbons (Fsp3) is 0.273. The highest BCUT2D eigenvalue weighted by Gasteiger charge is 2.04. The van der Waals surface area contributed by atoms with Gasteiger partial charge in [0.1, 0.15) is 0 Å². The van der Waals surface area contributed by atoms with Crippen LogP contribution >= 0.6 is 0 Å². The molecule has 0 spiro atoms. The van der Waals surface area contributed by atoms with E-state index < -0.39 is 0 Å². The molecule has 1 aromatic carbocycles. The lowest BCUT2D eigenvalue weighted by Gasteiger charge is -2.12. The molecule has 0 radical (unpaired) electrons. The summed E-state index contributed by atoms with van der Waals surface area (Å²) in [5.41, 5.74) is 4.41. The summed E-state index contributed by atoms with van der Waals surface area (Å²) in [5, 5.41) is 0. The van der Waals surface area contributed by atoms with Crippen LogP contribution in [0.2, 0.25) is 0 Å². The van der Waals surface area contributed by atoms with Gasteiger partial charge >= 0.3 is 0 Å². The Morgan fingerprint density at radius 1 is 1.09 bits per heavy atom. The van der Waals surface area contributed by atoms with Crippen LogP contribution in [0, 0.1) is 0 Å². The Hall–Kier alpha value is -1.04. The SMILES string of the molecule is CC1=Cc2ccccc2CC1. The largest absolute Gasteiger partial charge is 0.0724 e. The molecule has 1 aliphatic carbocycles. The Bertz CT molecular complexity index is 295. The Kier molecular flexibility index (Phi) is 1.54. The molecule has 0 atom stereocenters. The molecule has 56 valence electrons. The maximum Gasteiger partial charge on any atom is -0.0225 e. The van der Waals surface area contributed by atoms with E-state index >= 15 is 0 Å². The quantitative estimate of drug-likeness (QED) is 0.525. The molecule has 0 saturated carbocycles. The van der Waals surface area contributed by atoms with Gasteiger partial charge in [-0.2, -0.15) is 0 Å². The van der Waals surface area contributed by atoms with Crippen LogP contribution in [-0.4, -0.2) is 0 Å². The molecule has 1 aliphatic rings. The van der Waals surface area contributed by atoms with Crippen molar-refractivity contribution in [2.75, 3.05) is 0 Å². The molecule has 0 aliphatic heterocycles. The monoisotopic (exact) mass is 144 g/mol. The van der Waals surface area contributed by atoms with E-state index in [1.807, 2.05) is 0 Å². The minimum Gasteiger partial charge on any atom is -0.0724 e. The zero-order chi connectivity index (χ0) is 7.68. The van der Waals surface area contributed by atoms with E-state index in [0.717, 1.165) is 0 Å². The maximum atomic E-state index is 2.29. The summed E-state index contributed by atoms with van der Waals surface area (Å²) in [6.45, 7) is 2.20. The third-order valence-corrected chi connectivity index (χ3v) is 2.25. The summed E-state index contributed by atoms with van der Waals surface area (Å²) >= 11 is 0. The van der Waals surface area contributed by atoms with Gasteiger partial charge in [0.15, 0.2) is 0 Å². The Balaban J connectivity index is 2.51. The molecule has 0 amide bonds. The second kappa shape index (κ2) is 2.54. The average molecular weight is 144 g/mol. The van der Waals surface area contributed by atoms with Gasteiger partial charge < -0.3 is 0 Å². The Labute approximate surface area is 67.6 Å². The summed E-state index contributed by atoms with van der Waals surface area (Å²) in [6.07, 6.45) is 4.74. The molecule has 0 nitrogen and oxygen atoms in total. The van der Waals surface area contributed by atoms with Gasteiger partial charge in [0.25, 0.3) is 0 Å². The predicted molar refractivity (Wildman–Crippen MR) is 48.4 cm³/mol. The van der Waals surface area contributed by atoms with Crippen molar-refractivity contribution in [3.8, 4) is 0 Å². The molecule has 0 N–H and O–H groups in total. The van der Waals surface area contributed by atoms with Gasteiger partial charge in [-0.15, -0.1) is 0 Å². The molecule has 0 heteroatoms. The first-order valence-electron chi connectivity index (χ1n) is 4.11. The molecule has 0 unspecified atom stereocenters. The van der Waals surface area contributed by atoms with Crippen molar-refractivity contribution in [3.05, 3.63) is 41.0 Å². The van der Waals surface area contributed by atoms with Crippen molar-refractivity contribution in [3.63, 3.8) is 0 Å². The normalized spacial score (nSPS) is 15.5. The van der Waals surface area contributed by atoms with Crippen LogP contribution in [-0.2, 0) is 6.42 Å². The molecule has 0 fully saturated rings. The maximum absolute atomic E-state index is 2.29. The van der Waals surface area contributed by atoms with Gasteiger partial charge in [0, 0.05) is 0 Å². The van der Waals surface area contributed by atoms with E-state index in [4.69, 9.17) is 0 Å². The van der Waals surface area contributed by atoms with Crippen molar-refractivity contribution in [1.82, 2.24) is 0 Å². The minimum absolute atomic E-state index is 1.22. The van der Waals surface area contributed by atoms with Gasteiger partial charge in [-0.3, -0.25) is 0 Å². The Morgan fingerprint density at radius 3 is 2.82 bits per heavy atom. The highest BCUT2D eigenvalue weighted by atomic mass is 14.1. The molecule has 1 aromatic rings. The standard InChI is InChI=1S/C11H12/c1-9-6-7-10-4-2-3-5-11(10)8-9/h2-5,8H,6-7H2,1H3. The van der Waals surface area contributed by atoms with E-state index in [9.17, 15) is 0 Å². The highest BCUT2D eigenvalue weighted by molar-refractivity contribution is 5.58. The van der Waals surface area contributed by atoms with E-state index in [1.54, 1.807) is 0 Å². The molecule has 0 aromatic heterocycles. The van der Waals surface area contributed by atoms with E-state index in [2.05, 4.69) is 37.3 Å². The second-order valence-electron chi connectivity index (χ2n) is 3.19. The van der Waals surface area contributed by atoms with Gasteiger partial charge in [-0.05, 0) is 30.9 Å². The smallest absolute Gasteiger partial charge is 0.0225 e. The molecule has 2 rings (SSSR count). The highest BCUT2D eigenvalue weighted by Crippen LogP contribution is 2.22. The lowest BCUT2D eigenvalue weighted by Crippen LogP contribution is -1.95. The van der Waals surface area contributed by atoms with Gasteiger partial charge in [-0.1, -0.05) is 35.9 Å². The number of rotatable bonds is 0. The van der Waals surface area contributed by atoms with Gasteiger partial charge in [0.2, 0.25) is 0 Å². The van der Waals surface area contributed by atoms with Crippen molar-refractivity contribution in [2.45, 2.75) is 19.8 Å². The fourth-order valence-corrected chi connectivity index (χ4v) is 1.57. The molecule has 0 heterocycles. The van der Waals surface area contributed by atoms with Crippen LogP contribution in [0.4, 0.5) is 0 Å². The zero-order valence-corrected chi connectivity index (χ0v) is 6.80. The van der Waals surface area contributed by atoms with Gasteiger partial charge in [-0.25, -0.2) is 0 Å². The zero-order valence-electron chi connectivity index (χ0n) is 6.80. The minimum atomic E-state index is 1.22. The van der Waals surface area contributed by atoms with E-state index in [0.29, 0.717) is 0 Å². The van der Waals surface area contributed by atoms with Crippen molar-refractivity contribution < 1.29 is 0 Å². The average Bonchev–Trinajstić information content (AvgIpc) is 2.04. The van der Waals surface area contributed by atoms with E-state index in [1.165, 1.54) is 29.5 Å². The third kappa shape index (κ3) is 1.21. The summed E-state index contributed by atoms with van der Waals surface area (Å²) < 4.78 is 0. The summed E-state index contributed by atoms with van der Waals surface area (Å²) in [5.74, 6) is 0. The van der Waals surface area contributed by atoms with Gasteiger partial charge in [0.05, 0.1) is 0 Å². The Morgan fingerprint density at radius 2 is 1.91 bits per heavy atom. The summed E-state index contributed by atoms with van der Waals surface area (Å²) in [7, 11) is 0. The first-order valence-corrected chi connectivity index (χ1v) is 4.11. The number of fused-ring (bicyclic) bond motifs is 1. The number of hydrogen-bond acceptors (Lipinski definition) is 0. The number of allylic oxidation sites excluding steroid dienone is 1. The fourth-order valence-electron chi connectivity index (χ4n) is 1.57. The number of hydrogen-bond donors (Lipinski definition) is 0. The van der Waals surface area contributed by atoms with Crippen LogP contribution in [0.5, 0.6) is 0 Å². The van der Waals surface area contributed by atoms with Crippen LogP contribution < -0.4 is 0 Å². The molecular weight excluding hydrogens is 132 g/mol. The topological polar surface area (TPSA) is 0 Å². The van der Waals surface area contributed by atoms with Crippen molar-refractivity contribution in [2.24, 2.45) is 0 Å². The van der Waals surface area contributed by atoms with Crippen molar-refractivity contribution >= 4 is 6.08 Å². The molecular formula is C11H12. The summed E-state index contributed by atoms with van der Waals surface area (Å²) in [6, 6.07) is 8.64. The molecule has 0 bridgehead atoms. The van der Waals surface area contributed by atoms with E-state index in [-0.39, 0.29) is 0 Å². The van der Waals surface area contributed by atoms with Crippen LogP contribution in [0.15, 0.2) is 29.8 Å². The third-order valence-electron chi connectivity index (χ3n) is 2.25. The second-order valence-corrected chi connectivity index (χ2v) is 3.19. The van der Waals surface area contributed by atoms with Crippen LogP contribution in [0.3, 0.4) is 0 Å². The summed E-state index contributed by atoms with van der Waals surface area (Å²) in [4.78, 5) is 0. The van der Waals surface area contributed by atoms with Crippen LogP contribution in [0.25, 0.3) is 6.08 Å². The number of benzene rings is 1.